The Bertz CT molecular complexity index is 456. The fourth-order valence-corrected chi connectivity index (χ4v) is 9.94. The highest BCUT2D eigenvalue weighted by molar-refractivity contribution is 6.14. The summed E-state index contributed by atoms with van der Waals surface area (Å²) in [7, 11) is 0. The molecule has 0 radical (unpaired) electrons. The van der Waals surface area contributed by atoms with Crippen molar-refractivity contribution >= 4 is 23.6 Å². The summed E-state index contributed by atoms with van der Waals surface area (Å²) in [6.07, 6.45) is 17.0. The van der Waals surface area contributed by atoms with Crippen molar-refractivity contribution in [1.82, 2.24) is 8.84 Å². The van der Waals surface area contributed by atoms with Crippen LogP contribution in [0.15, 0.2) is 0 Å². The van der Waals surface area contributed by atoms with Crippen molar-refractivity contribution < 1.29 is 0 Å². The summed E-state index contributed by atoms with van der Waals surface area (Å²) in [5.41, 5.74) is 0.602. The van der Waals surface area contributed by atoms with Crippen LogP contribution in [0.25, 0.3) is 0 Å². The normalized spacial score (nSPS) is 54.0. The van der Waals surface area contributed by atoms with Gasteiger partial charge in [0.2, 0.25) is 0 Å². The largest absolute Gasteiger partial charge is 0.213 e. The first kappa shape index (κ1) is 17.4. The van der Waals surface area contributed by atoms with Crippen LogP contribution in [0.4, 0.5) is 0 Å². The zero-order valence-electron chi connectivity index (χ0n) is 16.0. The quantitative estimate of drug-likeness (QED) is 0.538. The standard InChI is InChI=1S/C22H34Cl2N2/c23-25(21-9-15-3-16(10-21)5-17(4-15)11-21)1-2-26(24)22-12-18-6-19(13-22)8-20(7-18)14-22/h15-20H,1-14H2. The molecule has 0 aliphatic heterocycles. The second kappa shape index (κ2) is 6.00. The molecule has 0 aromatic rings. The van der Waals surface area contributed by atoms with Gasteiger partial charge in [0.15, 0.2) is 0 Å². The van der Waals surface area contributed by atoms with Gasteiger partial charge < -0.3 is 0 Å². The van der Waals surface area contributed by atoms with Crippen LogP contribution in [0.3, 0.4) is 0 Å². The fourth-order valence-electron chi connectivity index (χ4n) is 9.37. The molecule has 0 atom stereocenters. The van der Waals surface area contributed by atoms with Gasteiger partial charge in [-0.2, -0.15) is 0 Å². The van der Waals surface area contributed by atoms with Gasteiger partial charge in [-0.05, 0) is 136 Å². The first-order chi connectivity index (χ1) is 12.5. The molecule has 4 heteroatoms. The molecule has 26 heavy (non-hydrogen) atoms. The average molecular weight is 397 g/mol. The maximum Gasteiger partial charge on any atom is 0.0370 e. The molecule has 8 rings (SSSR count). The maximum atomic E-state index is 7.00. The van der Waals surface area contributed by atoms with Crippen molar-refractivity contribution in [2.24, 2.45) is 35.5 Å². The lowest BCUT2D eigenvalue weighted by molar-refractivity contribution is -0.0709. The Balaban J connectivity index is 1.12. The third-order valence-electron chi connectivity index (χ3n) is 9.53. The minimum atomic E-state index is 0.301. The van der Waals surface area contributed by atoms with Crippen molar-refractivity contribution in [3.8, 4) is 0 Å². The summed E-state index contributed by atoms with van der Waals surface area (Å²) >= 11 is 14.0. The molecule has 8 bridgehead atoms. The number of hydrogen-bond acceptors (Lipinski definition) is 2. The lowest BCUT2D eigenvalue weighted by Gasteiger charge is -2.60. The van der Waals surface area contributed by atoms with Gasteiger partial charge in [-0.25, -0.2) is 8.84 Å². The number of halogens is 2. The molecule has 8 saturated carbocycles. The molecule has 8 aliphatic carbocycles. The molecule has 0 spiro atoms. The van der Waals surface area contributed by atoms with Crippen molar-refractivity contribution in [1.29, 1.82) is 0 Å². The van der Waals surface area contributed by atoms with Gasteiger partial charge in [0.05, 0.1) is 0 Å². The first-order valence-corrected chi connectivity index (χ1v) is 12.1. The van der Waals surface area contributed by atoms with Gasteiger partial charge in [-0.3, -0.25) is 0 Å². The van der Waals surface area contributed by atoms with E-state index >= 15 is 0 Å². The fraction of sp³-hybridized carbons (Fsp3) is 1.00. The number of hydrogen-bond donors (Lipinski definition) is 0. The predicted octanol–water partition coefficient (Wildman–Crippen LogP) is 5.84. The van der Waals surface area contributed by atoms with E-state index in [9.17, 15) is 0 Å². The third-order valence-corrected chi connectivity index (χ3v) is 10.6. The van der Waals surface area contributed by atoms with E-state index in [1.807, 2.05) is 0 Å². The summed E-state index contributed by atoms with van der Waals surface area (Å²) < 4.78 is 4.49. The molecule has 0 amide bonds. The molecule has 0 heterocycles. The van der Waals surface area contributed by atoms with Gasteiger partial charge in [-0.15, -0.1) is 0 Å². The summed E-state index contributed by atoms with van der Waals surface area (Å²) in [5, 5.41) is 0. The SMILES string of the molecule is ClN(CCN(Cl)C12CC3CC(CC(C3)C1)C2)C12CC3CC(CC(C3)C1)C2. The summed E-state index contributed by atoms with van der Waals surface area (Å²) in [6, 6.07) is 0. The second-order valence-electron chi connectivity index (χ2n) is 11.5. The van der Waals surface area contributed by atoms with E-state index < -0.39 is 0 Å². The molecule has 0 aromatic heterocycles. The summed E-state index contributed by atoms with van der Waals surface area (Å²) in [6.45, 7) is 1.89. The molecule has 2 nitrogen and oxygen atoms in total. The van der Waals surface area contributed by atoms with Gasteiger partial charge in [0.25, 0.3) is 0 Å². The minimum absolute atomic E-state index is 0.301. The van der Waals surface area contributed by atoms with Gasteiger partial charge in [0.1, 0.15) is 0 Å². The first-order valence-electron chi connectivity index (χ1n) is 11.4. The van der Waals surface area contributed by atoms with Crippen LogP contribution in [0.2, 0.25) is 0 Å². The molecule has 0 saturated heterocycles. The molecule has 146 valence electrons. The lowest BCUT2D eigenvalue weighted by atomic mass is 9.53. The van der Waals surface area contributed by atoms with Crippen LogP contribution in [-0.2, 0) is 0 Å². The molecular weight excluding hydrogens is 363 g/mol. The van der Waals surface area contributed by atoms with Crippen molar-refractivity contribution in [3.63, 3.8) is 0 Å². The van der Waals surface area contributed by atoms with Crippen LogP contribution >= 0.6 is 23.6 Å². The highest BCUT2D eigenvalue weighted by Crippen LogP contribution is 2.59. The zero-order valence-corrected chi connectivity index (χ0v) is 17.5. The highest BCUT2D eigenvalue weighted by atomic mass is 35.5. The predicted molar refractivity (Wildman–Crippen MR) is 107 cm³/mol. The van der Waals surface area contributed by atoms with E-state index in [-0.39, 0.29) is 0 Å². The Morgan fingerprint density at radius 1 is 0.500 bits per heavy atom. The molecule has 0 N–H and O–H groups in total. The number of rotatable bonds is 5. The van der Waals surface area contributed by atoms with E-state index in [2.05, 4.69) is 8.84 Å². The van der Waals surface area contributed by atoms with Crippen LogP contribution in [0.1, 0.15) is 77.0 Å². The Kier molecular flexibility index (Phi) is 4.01. The molecule has 0 aromatic carbocycles. The average Bonchev–Trinajstić information content (AvgIpc) is 2.57. The van der Waals surface area contributed by atoms with Gasteiger partial charge in [0, 0.05) is 24.2 Å². The minimum Gasteiger partial charge on any atom is -0.213 e. The van der Waals surface area contributed by atoms with E-state index in [0.29, 0.717) is 11.1 Å². The molecule has 0 unspecified atom stereocenters. The smallest absolute Gasteiger partial charge is 0.0370 e. The number of nitrogens with zero attached hydrogens (tertiary/aromatic N) is 2. The zero-order chi connectivity index (χ0) is 17.5. The van der Waals surface area contributed by atoms with Gasteiger partial charge >= 0.3 is 0 Å². The Hall–Kier alpha value is 0.500. The van der Waals surface area contributed by atoms with Crippen LogP contribution in [0, 0.1) is 35.5 Å². The summed E-state index contributed by atoms with van der Waals surface area (Å²) in [5.74, 6) is 5.74. The summed E-state index contributed by atoms with van der Waals surface area (Å²) in [4.78, 5) is 0. The highest BCUT2D eigenvalue weighted by Gasteiger charge is 2.55. The van der Waals surface area contributed by atoms with Crippen molar-refractivity contribution in [3.05, 3.63) is 0 Å². The van der Waals surface area contributed by atoms with Gasteiger partial charge in [-0.1, -0.05) is 0 Å². The Morgan fingerprint density at radius 3 is 0.962 bits per heavy atom. The van der Waals surface area contributed by atoms with E-state index in [0.717, 1.165) is 48.6 Å². The van der Waals surface area contributed by atoms with E-state index in [4.69, 9.17) is 23.6 Å². The van der Waals surface area contributed by atoms with Crippen LogP contribution < -0.4 is 0 Å². The van der Waals surface area contributed by atoms with Crippen molar-refractivity contribution in [2.75, 3.05) is 13.1 Å². The Labute approximate surface area is 169 Å². The van der Waals surface area contributed by atoms with Crippen molar-refractivity contribution in [2.45, 2.75) is 88.1 Å². The maximum absolute atomic E-state index is 7.00. The van der Waals surface area contributed by atoms with Crippen LogP contribution in [-0.4, -0.2) is 33.0 Å². The van der Waals surface area contributed by atoms with E-state index in [1.54, 1.807) is 0 Å². The van der Waals surface area contributed by atoms with E-state index in [1.165, 1.54) is 77.0 Å². The topological polar surface area (TPSA) is 6.48 Å². The molecular formula is C22H34Cl2N2. The molecule has 8 aliphatic rings. The van der Waals surface area contributed by atoms with Crippen LogP contribution in [0.5, 0.6) is 0 Å². The lowest BCUT2D eigenvalue weighted by Crippen LogP contribution is -2.60. The second-order valence-corrected chi connectivity index (χ2v) is 12.3. The third kappa shape index (κ3) is 2.65. The monoisotopic (exact) mass is 396 g/mol. The Morgan fingerprint density at radius 2 is 0.731 bits per heavy atom. The molecule has 8 fully saturated rings.